The summed E-state index contributed by atoms with van der Waals surface area (Å²) in [7, 11) is 0. The van der Waals surface area contributed by atoms with Gasteiger partial charge in [0.15, 0.2) is 0 Å². The molecule has 0 fully saturated rings. The number of hydrogen-bond donors (Lipinski definition) is 3. The Bertz CT molecular complexity index is 672. The fraction of sp³-hybridized carbons (Fsp3) is 0. The van der Waals surface area contributed by atoms with Crippen LogP contribution in [0.4, 0.5) is 11.4 Å². The summed E-state index contributed by atoms with van der Waals surface area (Å²) in [6, 6.07) is 8.23. The Kier molecular flexibility index (Phi) is 3.82. The van der Waals surface area contributed by atoms with E-state index in [9.17, 15) is 9.90 Å². The maximum absolute atomic E-state index is 11.3. The summed E-state index contributed by atoms with van der Waals surface area (Å²) in [4.78, 5) is 11.3. The molecule has 0 bridgehead atoms. The van der Waals surface area contributed by atoms with Crippen molar-refractivity contribution in [3.8, 4) is 11.1 Å². The molecule has 0 heterocycles. The molecule has 0 saturated carbocycles. The summed E-state index contributed by atoms with van der Waals surface area (Å²) in [6.07, 6.45) is 0. The molecule has 0 atom stereocenters. The molecule has 0 saturated heterocycles. The molecule has 0 radical (unpaired) electrons. The number of carboxylic acids is 1. The minimum atomic E-state index is -1.01. The van der Waals surface area contributed by atoms with E-state index < -0.39 is 5.97 Å². The summed E-state index contributed by atoms with van der Waals surface area (Å²) in [5.74, 6) is -1.01. The van der Waals surface area contributed by atoms with Crippen molar-refractivity contribution in [2.24, 2.45) is 0 Å². The first-order valence-corrected chi connectivity index (χ1v) is 6.87. The van der Waals surface area contributed by atoms with Crippen molar-refractivity contribution in [2.45, 2.75) is 0 Å². The van der Waals surface area contributed by atoms with Crippen LogP contribution in [0, 0.1) is 0 Å². The largest absolute Gasteiger partial charge is 0.478 e. The monoisotopic (exact) mass is 384 g/mol. The van der Waals surface area contributed by atoms with Crippen LogP contribution in [-0.2, 0) is 0 Å². The Labute approximate surface area is 126 Å². The van der Waals surface area contributed by atoms with E-state index in [0.717, 1.165) is 0 Å². The minimum Gasteiger partial charge on any atom is -0.478 e. The van der Waals surface area contributed by atoms with Gasteiger partial charge in [0.2, 0.25) is 0 Å². The number of anilines is 2. The predicted octanol–water partition coefficient (Wildman–Crippen LogP) is 3.74. The maximum atomic E-state index is 11.3. The Morgan fingerprint density at radius 3 is 2.37 bits per heavy atom. The van der Waals surface area contributed by atoms with Gasteiger partial charge in [0, 0.05) is 25.9 Å². The molecule has 2 rings (SSSR count). The average molecular weight is 386 g/mol. The van der Waals surface area contributed by atoms with E-state index >= 15 is 0 Å². The van der Waals surface area contributed by atoms with Crippen molar-refractivity contribution in [1.29, 1.82) is 0 Å². The number of halogens is 2. The quantitative estimate of drug-likeness (QED) is 0.687. The highest BCUT2D eigenvalue weighted by molar-refractivity contribution is 9.11. The van der Waals surface area contributed by atoms with Gasteiger partial charge < -0.3 is 16.6 Å². The molecular weight excluding hydrogens is 376 g/mol. The highest BCUT2D eigenvalue weighted by atomic mass is 79.9. The molecular formula is C13H10Br2N2O2. The van der Waals surface area contributed by atoms with Crippen molar-refractivity contribution in [2.75, 3.05) is 11.5 Å². The molecule has 0 aliphatic carbocycles. The predicted molar refractivity (Wildman–Crippen MR) is 83.1 cm³/mol. The van der Waals surface area contributed by atoms with Crippen LogP contribution in [-0.4, -0.2) is 11.1 Å². The van der Waals surface area contributed by atoms with Crippen molar-refractivity contribution in [1.82, 2.24) is 0 Å². The molecule has 0 aromatic heterocycles. The molecule has 19 heavy (non-hydrogen) atoms. The standard InChI is InChI=1S/C13H10Br2N2O2/c14-9-5-6(16)1-2-7(9)11-8(13(18)19)3-4-10(17)12(11)15/h1-5H,16-17H2,(H,18,19). The molecule has 0 aliphatic rings. The Morgan fingerprint density at radius 2 is 1.79 bits per heavy atom. The van der Waals surface area contributed by atoms with Gasteiger partial charge in [-0.2, -0.15) is 0 Å². The minimum absolute atomic E-state index is 0.173. The molecule has 98 valence electrons. The summed E-state index contributed by atoms with van der Waals surface area (Å²) in [5.41, 5.74) is 14.0. The molecule has 0 spiro atoms. The molecule has 2 aromatic carbocycles. The Balaban J connectivity index is 2.80. The summed E-state index contributed by atoms with van der Waals surface area (Å²) >= 11 is 6.74. The first-order chi connectivity index (χ1) is 8.91. The second kappa shape index (κ2) is 5.22. The summed E-state index contributed by atoms with van der Waals surface area (Å²) in [5, 5.41) is 9.29. The van der Waals surface area contributed by atoms with Gasteiger partial charge in [0.25, 0.3) is 0 Å². The van der Waals surface area contributed by atoms with Gasteiger partial charge >= 0.3 is 5.97 Å². The molecule has 0 amide bonds. The zero-order chi connectivity index (χ0) is 14.2. The lowest BCUT2D eigenvalue weighted by atomic mass is 9.98. The second-order valence-electron chi connectivity index (χ2n) is 3.94. The third-order valence-corrected chi connectivity index (χ3v) is 4.18. The van der Waals surface area contributed by atoms with E-state index in [1.165, 1.54) is 6.07 Å². The van der Waals surface area contributed by atoms with Crippen LogP contribution in [0.15, 0.2) is 39.3 Å². The van der Waals surface area contributed by atoms with Crippen LogP contribution < -0.4 is 11.5 Å². The number of nitrogens with two attached hydrogens (primary N) is 2. The van der Waals surface area contributed by atoms with Crippen LogP contribution in [0.1, 0.15) is 10.4 Å². The van der Waals surface area contributed by atoms with E-state index in [0.29, 0.717) is 31.4 Å². The van der Waals surface area contributed by atoms with Crippen LogP contribution in [0.3, 0.4) is 0 Å². The fourth-order valence-corrected chi connectivity index (χ4v) is 2.92. The number of nitrogen functional groups attached to an aromatic ring is 2. The number of aromatic carboxylic acids is 1. The van der Waals surface area contributed by atoms with Crippen LogP contribution in [0.2, 0.25) is 0 Å². The topological polar surface area (TPSA) is 89.3 Å². The second-order valence-corrected chi connectivity index (χ2v) is 5.58. The SMILES string of the molecule is Nc1ccc(-c2c(C(=O)O)ccc(N)c2Br)c(Br)c1. The Hall–Kier alpha value is -1.53. The van der Waals surface area contributed by atoms with Gasteiger partial charge in [-0.3, -0.25) is 0 Å². The molecule has 4 nitrogen and oxygen atoms in total. The van der Waals surface area contributed by atoms with Gasteiger partial charge in [-0.1, -0.05) is 22.0 Å². The highest BCUT2D eigenvalue weighted by Crippen LogP contribution is 2.39. The first kappa shape index (κ1) is 13.9. The van der Waals surface area contributed by atoms with E-state index in [-0.39, 0.29) is 5.56 Å². The van der Waals surface area contributed by atoms with Crippen LogP contribution >= 0.6 is 31.9 Å². The lowest BCUT2D eigenvalue weighted by molar-refractivity contribution is 0.0697. The van der Waals surface area contributed by atoms with Gasteiger partial charge in [-0.15, -0.1) is 0 Å². The van der Waals surface area contributed by atoms with Crippen molar-refractivity contribution >= 4 is 49.2 Å². The summed E-state index contributed by atoms with van der Waals surface area (Å²) in [6.45, 7) is 0. The molecule has 0 aliphatic heterocycles. The first-order valence-electron chi connectivity index (χ1n) is 5.28. The number of carboxylic acid groups (broad SMARTS) is 1. The zero-order valence-corrected chi connectivity index (χ0v) is 12.8. The Morgan fingerprint density at radius 1 is 1.11 bits per heavy atom. The molecule has 6 heteroatoms. The van der Waals surface area contributed by atoms with Crippen molar-refractivity contribution in [3.63, 3.8) is 0 Å². The van der Waals surface area contributed by atoms with E-state index in [1.807, 2.05) is 0 Å². The molecule has 5 N–H and O–H groups in total. The molecule has 0 unspecified atom stereocenters. The smallest absolute Gasteiger partial charge is 0.336 e. The van der Waals surface area contributed by atoms with Gasteiger partial charge in [0.05, 0.1) is 5.56 Å². The number of rotatable bonds is 2. The maximum Gasteiger partial charge on any atom is 0.336 e. The lowest BCUT2D eigenvalue weighted by Crippen LogP contribution is -2.02. The van der Waals surface area contributed by atoms with Crippen LogP contribution in [0.5, 0.6) is 0 Å². The van der Waals surface area contributed by atoms with Crippen molar-refractivity contribution < 1.29 is 9.90 Å². The number of hydrogen-bond acceptors (Lipinski definition) is 3. The van der Waals surface area contributed by atoms with E-state index in [1.54, 1.807) is 24.3 Å². The van der Waals surface area contributed by atoms with E-state index in [2.05, 4.69) is 31.9 Å². The highest BCUT2D eigenvalue weighted by Gasteiger charge is 2.18. The third kappa shape index (κ3) is 2.59. The summed E-state index contributed by atoms with van der Waals surface area (Å²) < 4.78 is 1.26. The lowest BCUT2D eigenvalue weighted by Gasteiger charge is -2.13. The van der Waals surface area contributed by atoms with E-state index in [4.69, 9.17) is 11.5 Å². The van der Waals surface area contributed by atoms with Gasteiger partial charge in [-0.05, 0) is 45.8 Å². The van der Waals surface area contributed by atoms with Crippen molar-refractivity contribution in [3.05, 3.63) is 44.8 Å². The number of carbonyl (C=O) groups is 1. The average Bonchev–Trinajstić information content (AvgIpc) is 2.33. The fourth-order valence-electron chi connectivity index (χ4n) is 1.77. The van der Waals surface area contributed by atoms with Gasteiger partial charge in [-0.25, -0.2) is 4.79 Å². The zero-order valence-electron chi connectivity index (χ0n) is 9.65. The normalized spacial score (nSPS) is 10.4. The number of benzene rings is 2. The van der Waals surface area contributed by atoms with Crippen LogP contribution in [0.25, 0.3) is 11.1 Å². The van der Waals surface area contributed by atoms with Gasteiger partial charge in [0.1, 0.15) is 0 Å². The molecule has 2 aromatic rings. The third-order valence-electron chi connectivity index (χ3n) is 2.66.